The topological polar surface area (TPSA) is 110 Å². The van der Waals surface area contributed by atoms with Crippen molar-refractivity contribution in [1.29, 1.82) is 0 Å². The van der Waals surface area contributed by atoms with Crippen LogP contribution in [0, 0.1) is 13.8 Å². The van der Waals surface area contributed by atoms with Crippen molar-refractivity contribution in [3.05, 3.63) is 81.9 Å². The number of benzene rings is 2. The molecular formula is C23H17ClN6O3. The number of carbonyl (C=O) groups is 3. The lowest BCUT2D eigenvalue weighted by Crippen LogP contribution is -2.29. The molecule has 0 unspecified atom stereocenters. The van der Waals surface area contributed by atoms with Crippen molar-refractivity contribution >= 4 is 46.5 Å². The molecule has 0 aliphatic carbocycles. The van der Waals surface area contributed by atoms with Crippen molar-refractivity contribution < 1.29 is 14.4 Å². The molecule has 9 nitrogen and oxygen atoms in total. The summed E-state index contributed by atoms with van der Waals surface area (Å²) < 4.78 is 1.59. The minimum atomic E-state index is -0.439. The Kier molecular flexibility index (Phi) is 4.90. The number of amides is 3. The molecule has 0 saturated carbocycles. The number of carbonyl (C=O) groups excluding carboxylic acids is 3. The number of anilines is 2. The summed E-state index contributed by atoms with van der Waals surface area (Å²) >= 11 is 6.38. The first-order valence-corrected chi connectivity index (χ1v) is 10.5. The number of imide groups is 1. The molecule has 2 aromatic heterocycles. The monoisotopic (exact) mass is 460 g/mol. The second-order valence-corrected chi connectivity index (χ2v) is 8.07. The van der Waals surface area contributed by atoms with Gasteiger partial charge in [-0.15, -0.1) is 5.10 Å². The van der Waals surface area contributed by atoms with Crippen molar-refractivity contribution in [2.45, 2.75) is 20.3 Å². The lowest BCUT2D eigenvalue weighted by atomic mass is 10.1. The van der Waals surface area contributed by atoms with Gasteiger partial charge < -0.3 is 5.32 Å². The Labute approximate surface area is 193 Å². The van der Waals surface area contributed by atoms with Crippen LogP contribution in [0.5, 0.6) is 0 Å². The molecule has 1 N–H and O–H groups in total. The van der Waals surface area contributed by atoms with Crippen molar-refractivity contribution in [2.75, 3.05) is 10.2 Å². The Morgan fingerprint density at radius 1 is 1.00 bits per heavy atom. The van der Waals surface area contributed by atoms with Crippen molar-refractivity contribution in [3.8, 4) is 0 Å². The Morgan fingerprint density at radius 2 is 1.70 bits per heavy atom. The number of fused-ring (bicyclic) bond motifs is 2. The summed E-state index contributed by atoms with van der Waals surface area (Å²) in [6.45, 7) is 3.75. The van der Waals surface area contributed by atoms with Gasteiger partial charge in [-0.25, -0.2) is 14.4 Å². The van der Waals surface area contributed by atoms with Gasteiger partial charge in [0.15, 0.2) is 5.82 Å². The molecule has 0 fully saturated rings. The number of rotatable bonds is 4. The smallest absolute Gasteiger partial charge is 0.266 e. The van der Waals surface area contributed by atoms with Gasteiger partial charge in [-0.1, -0.05) is 23.7 Å². The lowest BCUT2D eigenvalue weighted by Gasteiger charge is -2.16. The highest BCUT2D eigenvalue weighted by Crippen LogP contribution is 2.34. The second-order valence-electron chi connectivity index (χ2n) is 7.66. The number of halogens is 1. The third kappa shape index (κ3) is 3.62. The summed E-state index contributed by atoms with van der Waals surface area (Å²) in [5.41, 5.74) is 3.01. The van der Waals surface area contributed by atoms with E-state index in [4.69, 9.17) is 11.6 Å². The van der Waals surface area contributed by atoms with Gasteiger partial charge >= 0.3 is 0 Å². The number of hydrogen-bond acceptors (Lipinski definition) is 6. The van der Waals surface area contributed by atoms with Crippen LogP contribution in [0.2, 0.25) is 5.02 Å². The molecule has 5 rings (SSSR count). The summed E-state index contributed by atoms with van der Waals surface area (Å²) in [7, 11) is 0. The molecular weight excluding hydrogens is 444 g/mol. The molecule has 10 heteroatoms. The van der Waals surface area contributed by atoms with Crippen LogP contribution in [-0.4, -0.2) is 37.3 Å². The molecule has 33 heavy (non-hydrogen) atoms. The maximum atomic E-state index is 12.7. The normalized spacial score (nSPS) is 13.0. The minimum Gasteiger partial charge on any atom is -0.326 e. The van der Waals surface area contributed by atoms with Gasteiger partial charge in [-0.2, -0.15) is 4.98 Å². The minimum absolute atomic E-state index is 0.0559. The highest BCUT2D eigenvalue weighted by Gasteiger charge is 2.37. The Bertz CT molecular complexity index is 1440. The zero-order chi connectivity index (χ0) is 23.3. The molecule has 0 bridgehead atoms. The van der Waals surface area contributed by atoms with E-state index in [0.29, 0.717) is 28.4 Å². The summed E-state index contributed by atoms with van der Waals surface area (Å²) in [5.74, 6) is -0.450. The molecule has 0 atom stereocenters. The Hall–Kier alpha value is -4.11. The summed E-state index contributed by atoms with van der Waals surface area (Å²) in [6, 6.07) is 13.1. The van der Waals surface area contributed by atoms with Gasteiger partial charge in [-0.3, -0.25) is 14.4 Å². The van der Waals surface area contributed by atoms with Gasteiger partial charge in [0.05, 0.1) is 28.3 Å². The van der Waals surface area contributed by atoms with E-state index in [1.54, 1.807) is 34.8 Å². The third-order valence-corrected chi connectivity index (χ3v) is 5.55. The molecule has 0 spiro atoms. The molecule has 3 amide bonds. The van der Waals surface area contributed by atoms with E-state index in [1.165, 1.54) is 12.1 Å². The van der Waals surface area contributed by atoms with Crippen molar-refractivity contribution in [3.63, 3.8) is 0 Å². The standard InChI is InChI=1S/C23H17ClN6O3/c1-12-9-13(2)30-23(25-12)27-19(28-30)11-20(31)26-14-7-8-18(17(24)10-14)29-21(32)15-5-3-4-6-16(15)22(29)33/h3-10H,11H2,1-2H3,(H,26,31). The van der Waals surface area contributed by atoms with Gasteiger partial charge in [0, 0.05) is 17.1 Å². The molecule has 1 aliphatic rings. The van der Waals surface area contributed by atoms with E-state index in [2.05, 4.69) is 20.4 Å². The zero-order valence-corrected chi connectivity index (χ0v) is 18.4. The maximum absolute atomic E-state index is 12.7. The first-order valence-electron chi connectivity index (χ1n) is 10.1. The average molecular weight is 461 g/mol. The summed E-state index contributed by atoms with van der Waals surface area (Å²) in [5, 5.41) is 7.22. The first kappa shape index (κ1) is 20.8. The van der Waals surface area contributed by atoms with E-state index >= 15 is 0 Å². The van der Waals surface area contributed by atoms with Gasteiger partial charge in [0.2, 0.25) is 5.91 Å². The number of aromatic nitrogens is 4. The number of aryl methyl sites for hydroxylation is 2. The molecule has 4 aromatic rings. The van der Waals surface area contributed by atoms with Crippen molar-refractivity contribution in [1.82, 2.24) is 19.6 Å². The van der Waals surface area contributed by atoms with E-state index in [1.807, 2.05) is 19.9 Å². The fraction of sp³-hybridized carbons (Fsp3) is 0.130. The first-order chi connectivity index (χ1) is 15.8. The third-order valence-electron chi connectivity index (χ3n) is 5.25. The van der Waals surface area contributed by atoms with Crippen LogP contribution in [0.15, 0.2) is 48.5 Å². The highest BCUT2D eigenvalue weighted by atomic mass is 35.5. The van der Waals surface area contributed by atoms with E-state index < -0.39 is 11.8 Å². The largest absolute Gasteiger partial charge is 0.326 e. The fourth-order valence-electron chi connectivity index (χ4n) is 3.81. The van der Waals surface area contributed by atoms with Crippen LogP contribution in [0.3, 0.4) is 0 Å². The number of nitrogens with zero attached hydrogens (tertiary/aromatic N) is 5. The molecule has 164 valence electrons. The predicted octanol–water partition coefficient (Wildman–Crippen LogP) is 3.38. The van der Waals surface area contributed by atoms with Crippen LogP contribution in [-0.2, 0) is 11.2 Å². The van der Waals surface area contributed by atoms with E-state index in [0.717, 1.165) is 16.3 Å². The molecule has 3 heterocycles. The Balaban J connectivity index is 1.33. The Morgan fingerprint density at radius 3 is 2.36 bits per heavy atom. The van der Waals surface area contributed by atoms with Crippen LogP contribution >= 0.6 is 11.6 Å². The quantitative estimate of drug-likeness (QED) is 0.467. The van der Waals surface area contributed by atoms with Crippen LogP contribution in [0.4, 0.5) is 11.4 Å². The summed E-state index contributed by atoms with van der Waals surface area (Å²) in [4.78, 5) is 47.6. The molecule has 0 radical (unpaired) electrons. The van der Waals surface area contributed by atoms with Crippen LogP contribution < -0.4 is 10.2 Å². The predicted molar refractivity (Wildman–Crippen MR) is 122 cm³/mol. The molecule has 2 aromatic carbocycles. The zero-order valence-electron chi connectivity index (χ0n) is 17.7. The van der Waals surface area contributed by atoms with Gasteiger partial charge in [0.1, 0.15) is 0 Å². The van der Waals surface area contributed by atoms with Crippen molar-refractivity contribution in [2.24, 2.45) is 0 Å². The van der Waals surface area contributed by atoms with Gasteiger partial charge in [-0.05, 0) is 50.2 Å². The fourth-order valence-corrected chi connectivity index (χ4v) is 4.07. The van der Waals surface area contributed by atoms with Gasteiger partial charge in [0.25, 0.3) is 17.6 Å². The maximum Gasteiger partial charge on any atom is 0.266 e. The van der Waals surface area contributed by atoms with Crippen LogP contribution in [0.1, 0.15) is 37.9 Å². The highest BCUT2D eigenvalue weighted by molar-refractivity contribution is 6.40. The average Bonchev–Trinajstić information content (AvgIpc) is 3.27. The second kappa shape index (κ2) is 7.79. The number of nitrogens with one attached hydrogen (secondary N) is 1. The summed E-state index contributed by atoms with van der Waals surface area (Å²) in [6.07, 6.45) is -0.0559. The molecule has 1 aliphatic heterocycles. The van der Waals surface area contributed by atoms with E-state index in [-0.39, 0.29) is 23.0 Å². The number of hydrogen-bond donors (Lipinski definition) is 1. The molecule has 0 saturated heterocycles. The van der Waals surface area contributed by atoms with Crippen LogP contribution in [0.25, 0.3) is 5.78 Å². The van der Waals surface area contributed by atoms with E-state index in [9.17, 15) is 14.4 Å². The lowest BCUT2D eigenvalue weighted by molar-refractivity contribution is -0.115. The SMILES string of the molecule is Cc1cc(C)n2nc(CC(=O)Nc3ccc(N4C(=O)c5ccccc5C4=O)c(Cl)c3)nc2n1.